The van der Waals surface area contributed by atoms with Gasteiger partial charge in [0, 0.05) is 37.2 Å². The first-order chi connectivity index (χ1) is 15.8. The Bertz CT molecular complexity index is 1150. The summed E-state index contributed by atoms with van der Waals surface area (Å²) in [6, 6.07) is 1.21. The Morgan fingerprint density at radius 3 is 2.36 bits per heavy atom. The summed E-state index contributed by atoms with van der Waals surface area (Å²) in [5, 5.41) is 8.53. The van der Waals surface area contributed by atoms with Gasteiger partial charge in [-0.15, -0.1) is 0 Å². The van der Waals surface area contributed by atoms with E-state index in [9.17, 15) is 18.0 Å². The average molecular weight is 461 g/mol. The second-order valence-corrected chi connectivity index (χ2v) is 8.50. The SMILES string of the molecule is CNC(=O)[C@H]1CC[C@@H](n2c(Nc3c(F)cc(F)cc3F)nc3cnc(NC(C)C)nc32)CC1. The number of nitrogens with zero attached hydrogens (tertiary/aromatic N) is 4. The molecule has 2 aromatic heterocycles. The average Bonchev–Trinajstić information content (AvgIpc) is 3.12. The van der Waals surface area contributed by atoms with Gasteiger partial charge in [-0.3, -0.25) is 9.36 Å². The van der Waals surface area contributed by atoms with Gasteiger partial charge in [0.2, 0.25) is 17.8 Å². The molecule has 176 valence electrons. The monoisotopic (exact) mass is 461 g/mol. The van der Waals surface area contributed by atoms with Gasteiger partial charge in [-0.2, -0.15) is 4.98 Å². The maximum atomic E-state index is 14.4. The van der Waals surface area contributed by atoms with E-state index in [1.165, 1.54) is 0 Å². The number of nitrogens with one attached hydrogen (secondary N) is 3. The molecule has 0 radical (unpaired) electrons. The molecule has 1 fully saturated rings. The van der Waals surface area contributed by atoms with Crippen LogP contribution in [0.4, 0.5) is 30.8 Å². The van der Waals surface area contributed by atoms with Gasteiger partial charge in [-0.05, 0) is 39.5 Å². The summed E-state index contributed by atoms with van der Waals surface area (Å²) >= 11 is 0. The second-order valence-electron chi connectivity index (χ2n) is 8.50. The molecule has 0 unspecified atom stereocenters. The summed E-state index contributed by atoms with van der Waals surface area (Å²) in [5.41, 5.74) is 0.450. The van der Waals surface area contributed by atoms with Crippen molar-refractivity contribution in [1.29, 1.82) is 0 Å². The number of aromatic nitrogens is 4. The molecule has 1 aromatic carbocycles. The smallest absolute Gasteiger partial charge is 0.224 e. The van der Waals surface area contributed by atoms with Crippen LogP contribution in [0.2, 0.25) is 0 Å². The Hall–Kier alpha value is -3.37. The lowest BCUT2D eigenvalue weighted by atomic mass is 9.85. The Labute approximate surface area is 189 Å². The van der Waals surface area contributed by atoms with E-state index in [-0.39, 0.29) is 29.9 Å². The molecular weight excluding hydrogens is 435 g/mol. The Balaban J connectivity index is 1.75. The standard InChI is InChI=1S/C22H26F3N7O/c1-11(2)28-21-27-10-17-19(31-21)32(14-6-4-12(5-7-14)20(33)26-3)22(29-17)30-18-15(24)8-13(23)9-16(18)25/h8-12,14H,4-7H2,1-3H3,(H,26,33)(H,29,30)(H,27,28,31)/t12-,14+. The van der Waals surface area contributed by atoms with Gasteiger partial charge in [0.25, 0.3) is 0 Å². The third kappa shape index (κ3) is 4.71. The maximum Gasteiger partial charge on any atom is 0.224 e. The number of amides is 1. The minimum Gasteiger partial charge on any atom is -0.359 e. The minimum absolute atomic E-state index is 0.00323. The van der Waals surface area contributed by atoms with Crippen LogP contribution in [0.5, 0.6) is 0 Å². The molecule has 0 aliphatic heterocycles. The largest absolute Gasteiger partial charge is 0.359 e. The third-order valence-electron chi connectivity index (χ3n) is 5.77. The number of rotatable bonds is 6. The van der Waals surface area contributed by atoms with E-state index in [2.05, 4.69) is 30.9 Å². The van der Waals surface area contributed by atoms with Crippen LogP contribution in [0.3, 0.4) is 0 Å². The lowest BCUT2D eigenvalue weighted by molar-refractivity contribution is -0.125. The maximum absolute atomic E-state index is 14.4. The van der Waals surface area contributed by atoms with E-state index in [4.69, 9.17) is 0 Å². The van der Waals surface area contributed by atoms with Gasteiger partial charge in [0.1, 0.15) is 17.0 Å². The zero-order chi connectivity index (χ0) is 23.7. The van der Waals surface area contributed by atoms with E-state index in [1.807, 2.05) is 13.8 Å². The molecule has 11 heteroatoms. The number of imidazole rings is 1. The minimum atomic E-state index is -1.07. The predicted molar refractivity (Wildman–Crippen MR) is 119 cm³/mol. The number of hydrogen-bond acceptors (Lipinski definition) is 6. The van der Waals surface area contributed by atoms with Gasteiger partial charge in [0.15, 0.2) is 17.3 Å². The topological polar surface area (TPSA) is 96.8 Å². The number of halogens is 3. The number of fused-ring (bicyclic) bond motifs is 1. The molecule has 3 N–H and O–H groups in total. The molecular formula is C22H26F3N7O. The van der Waals surface area contributed by atoms with E-state index < -0.39 is 23.1 Å². The van der Waals surface area contributed by atoms with Gasteiger partial charge < -0.3 is 16.0 Å². The van der Waals surface area contributed by atoms with Gasteiger partial charge in [0.05, 0.1) is 6.20 Å². The molecule has 1 saturated carbocycles. The first-order valence-corrected chi connectivity index (χ1v) is 10.9. The van der Waals surface area contributed by atoms with Crippen LogP contribution in [-0.2, 0) is 4.79 Å². The first-order valence-electron chi connectivity index (χ1n) is 10.9. The molecule has 0 atom stereocenters. The zero-order valence-corrected chi connectivity index (χ0v) is 18.6. The molecule has 4 rings (SSSR count). The van der Waals surface area contributed by atoms with Crippen molar-refractivity contribution in [2.75, 3.05) is 17.7 Å². The van der Waals surface area contributed by atoms with Crippen molar-refractivity contribution in [1.82, 2.24) is 24.8 Å². The predicted octanol–water partition coefficient (Wildman–Crippen LogP) is 4.28. The Kier molecular flexibility index (Phi) is 6.39. The quantitative estimate of drug-likeness (QED) is 0.507. The van der Waals surface area contributed by atoms with Gasteiger partial charge in [-0.25, -0.2) is 23.1 Å². The van der Waals surface area contributed by atoms with Crippen molar-refractivity contribution in [2.45, 2.75) is 51.6 Å². The van der Waals surface area contributed by atoms with E-state index in [1.54, 1.807) is 17.8 Å². The van der Waals surface area contributed by atoms with E-state index >= 15 is 0 Å². The molecule has 0 saturated heterocycles. The van der Waals surface area contributed by atoms with Crippen LogP contribution >= 0.6 is 0 Å². The third-order valence-corrected chi connectivity index (χ3v) is 5.77. The van der Waals surface area contributed by atoms with Crippen LogP contribution in [0.1, 0.15) is 45.6 Å². The van der Waals surface area contributed by atoms with Crippen molar-refractivity contribution in [3.63, 3.8) is 0 Å². The van der Waals surface area contributed by atoms with Crippen LogP contribution in [0.25, 0.3) is 11.2 Å². The summed E-state index contributed by atoms with van der Waals surface area (Å²) in [4.78, 5) is 25.4. The number of hydrogen-bond donors (Lipinski definition) is 3. The molecule has 0 spiro atoms. The molecule has 3 aromatic rings. The van der Waals surface area contributed by atoms with E-state index in [0.29, 0.717) is 54.9 Å². The van der Waals surface area contributed by atoms with E-state index in [0.717, 1.165) is 0 Å². The van der Waals surface area contributed by atoms with Crippen molar-refractivity contribution in [2.24, 2.45) is 5.92 Å². The zero-order valence-electron chi connectivity index (χ0n) is 18.6. The summed E-state index contributed by atoms with van der Waals surface area (Å²) in [6.45, 7) is 3.91. The summed E-state index contributed by atoms with van der Waals surface area (Å²) < 4.78 is 43.9. The second kappa shape index (κ2) is 9.24. The van der Waals surface area contributed by atoms with Crippen molar-refractivity contribution >= 4 is 34.7 Å². The van der Waals surface area contributed by atoms with Crippen LogP contribution < -0.4 is 16.0 Å². The highest BCUT2D eigenvalue weighted by molar-refractivity contribution is 5.79. The van der Waals surface area contributed by atoms with Crippen LogP contribution in [-0.4, -0.2) is 38.5 Å². The lowest BCUT2D eigenvalue weighted by Gasteiger charge is -2.29. The number of carbonyl (C=O) groups excluding carboxylic acids is 1. The number of anilines is 3. The van der Waals surface area contributed by atoms with Crippen molar-refractivity contribution < 1.29 is 18.0 Å². The van der Waals surface area contributed by atoms with Gasteiger partial charge in [-0.1, -0.05) is 0 Å². The molecule has 1 aliphatic rings. The summed E-state index contributed by atoms with van der Waals surface area (Å²) in [5.74, 6) is -2.64. The highest BCUT2D eigenvalue weighted by Crippen LogP contribution is 2.37. The Morgan fingerprint density at radius 1 is 1.09 bits per heavy atom. The summed E-state index contributed by atoms with van der Waals surface area (Å²) in [7, 11) is 1.62. The molecule has 2 heterocycles. The van der Waals surface area contributed by atoms with Crippen LogP contribution in [0.15, 0.2) is 18.3 Å². The fraction of sp³-hybridized carbons (Fsp3) is 0.455. The summed E-state index contributed by atoms with van der Waals surface area (Å²) in [6.07, 6.45) is 4.17. The molecule has 1 amide bonds. The normalized spacial score (nSPS) is 18.5. The van der Waals surface area contributed by atoms with Crippen LogP contribution in [0, 0.1) is 23.4 Å². The highest BCUT2D eigenvalue weighted by atomic mass is 19.1. The first kappa shape index (κ1) is 22.8. The number of benzene rings is 1. The molecule has 8 nitrogen and oxygen atoms in total. The molecule has 33 heavy (non-hydrogen) atoms. The molecule has 1 aliphatic carbocycles. The molecule has 0 bridgehead atoms. The number of carbonyl (C=O) groups is 1. The van der Waals surface area contributed by atoms with Gasteiger partial charge >= 0.3 is 0 Å². The van der Waals surface area contributed by atoms with Crippen molar-refractivity contribution in [3.8, 4) is 0 Å². The fourth-order valence-electron chi connectivity index (χ4n) is 4.23. The van der Waals surface area contributed by atoms with Crippen molar-refractivity contribution in [3.05, 3.63) is 35.8 Å². The highest BCUT2D eigenvalue weighted by Gasteiger charge is 2.30. The Morgan fingerprint density at radius 2 is 1.76 bits per heavy atom. The lowest BCUT2D eigenvalue weighted by Crippen LogP contribution is -2.31. The fourth-order valence-corrected chi connectivity index (χ4v) is 4.23.